The Morgan fingerprint density at radius 2 is 2.00 bits per heavy atom. The molecule has 0 radical (unpaired) electrons. The van der Waals surface area contributed by atoms with Gasteiger partial charge < -0.3 is 4.90 Å². The van der Waals surface area contributed by atoms with Crippen LogP contribution in [0.15, 0.2) is 35.3 Å². The van der Waals surface area contributed by atoms with Crippen LogP contribution >= 0.6 is 0 Å². The van der Waals surface area contributed by atoms with Crippen LogP contribution in [0, 0.1) is 12.7 Å². The lowest BCUT2D eigenvalue weighted by Crippen LogP contribution is -2.42. The van der Waals surface area contributed by atoms with Crippen molar-refractivity contribution in [3.05, 3.63) is 52.5 Å². The molecule has 2 aromatic heterocycles. The highest BCUT2D eigenvalue weighted by molar-refractivity contribution is 5.77. The van der Waals surface area contributed by atoms with Gasteiger partial charge in [-0.2, -0.15) is 5.10 Å². The average molecular weight is 397 g/mol. The number of fused-ring (bicyclic) bond motifs is 1. The Labute approximate surface area is 167 Å². The van der Waals surface area contributed by atoms with Gasteiger partial charge in [-0.3, -0.25) is 14.2 Å². The van der Waals surface area contributed by atoms with Crippen molar-refractivity contribution < 1.29 is 9.18 Å². The fourth-order valence-electron chi connectivity index (χ4n) is 3.96. The van der Waals surface area contributed by atoms with Crippen molar-refractivity contribution in [2.24, 2.45) is 0 Å². The normalized spacial score (nSPS) is 17.1. The molecule has 1 saturated heterocycles. The van der Waals surface area contributed by atoms with Crippen molar-refractivity contribution in [3.8, 4) is 5.69 Å². The largest absolute Gasteiger partial charge is 0.340 e. The molecule has 1 atom stereocenters. The molecule has 29 heavy (non-hydrogen) atoms. The van der Waals surface area contributed by atoms with Gasteiger partial charge in [-0.25, -0.2) is 14.1 Å². The molecule has 152 valence electrons. The van der Waals surface area contributed by atoms with Gasteiger partial charge in [0.25, 0.3) is 5.56 Å². The van der Waals surface area contributed by atoms with Crippen molar-refractivity contribution >= 4 is 16.9 Å². The van der Waals surface area contributed by atoms with E-state index in [-0.39, 0.29) is 36.3 Å². The standard InChI is InChI=1S/C21H24FN5O2/c1-14-5-3-4-11-25(14)19(28)10-12-26-15(2)24-20-18(21(26)29)13-23-27(20)17-8-6-16(22)7-9-17/h6-9,13-14H,3-5,10-12H2,1-2H3. The number of carbonyl (C=O) groups excluding carboxylic acids is 1. The number of rotatable bonds is 4. The van der Waals surface area contributed by atoms with Crippen LogP contribution in [-0.2, 0) is 11.3 Å². The van der Waals surface area contributed by atoms with E-state index >= 15 is 0 Å². The van der Waals surface area contributed by atoms with Crippen LogP contribution in [0.1, 0.15) is 38.4 Å². The number of halogens is 1. The van der Waals surface area contributed by atoms with Crippen molar-refractivity contribution in [1.29, 1.82) is 0 Å². The minimum Gasteiger partial charge on any atom is -0.340 e. The molecule has 0 spiro atoms. The average Bonchev–Trinajstić information content (AvgIpc) is 3.12. The Balaban J connectivity index is 1.60. The van der Waals surface area contributed by atoms with Gasteiger partial charge in [-0.1, -0.05) is 0 Å². The summed E-state index contributed by atoms with van der Waals surface area (Å²) >= 11 is 0. The zero-order chi connectivity index (χ0) is 20.5. The second-order valence-electron chi connectivity index (χ2n) is 7.57. The van der Waals surface area contributed by atoms with Crippen LogP contribution < -0.4 is 5.56 Å². The number of hydrogen-bond donors (Lipinski definition) is 0. The van der Waals surface area contributed by atoms with Crippen molar-refractivity contribution in [2.75, 3.05) is 6.54 Å². The number of piperidine rings is 1. The van der Waals surface area contributed by atoms with Crippen LogP contribution in [0.4, 0.5) is 4.39 Å². The first-order valence-electron chi connectivity index (χ1n) is 9.96. The summed E-state index contributed by atoms with van der Waals surface area (Å²) in [7, 11) is 0. The molecule has 1 aliphatic heterocycles. The van der Waals surface area contributed by atoms with Gasteiger partial charge in [0.2, 0.25) is 5.91 Å². The lowest BCUT2D eigenvalue weighted by Gasteiger charge is -2.33. The van der Waals surface area contributed by atoms with Crippen LogP contribution in [0.5, 0.6) is 0 Å². The molecule has 1 amide bonds. The van der Waals surface area contributed by atoms with E-state index in [1.165, 1.54) is 27.6 Å². The molecule has 8 heteroatoms. The van der Waals surface area contributed by atoms with E-state index < -0.39 is 0 Å². The summed E-state index contributed by atoms with van der Waals surface area (Å²) in [4.78, 5) is 32.1. The quantitative estimate of drug-likeness (QED) is 0.679. The number of aryl methyl sites for hydroxylation is 1. The number of amides is 1. The molecule has 1 aliphatic rings. The summed E-state index contributed by atoms with van der Waals surface area (Å²) in [6.45, 7) is 4.90. The summed E-state index contributed by atoms with van der Waals surface area (Å²) in [5.74, 6) is 0.251. The molecule has 0 aliphatic carbocycles. The number of likely N-dealkylation sites (tertiary alicyclic amines) is 1. The monoisotopic (exact) mass is 397 g/mol. The summed E-state index contributed by atoms with van der Waals surface area (Å²) in [5.41, 5.74) is 0.825. The first-order valence-corrected chi connectivity index (χ1v) is 9.96. The smallest absolute Gasteiger partial charge is 0.264 e. The second kappa shape index (κ2) is 7.77. The highest BCUT2D eigenvalue weighted by atomic mass is 19.1. The van der Waals surface area contributed by atoms with Gasteiger partial charge >= 0.3 is 0 Å². The fourth-order valence-corrected chi connectivity index (χ4v) is 3.96. The zero-order valence-corrected chi connectivity index (χ0v) is 16.6. The zero-order valence-electron chi connectivity index (χ0n) is 16.6. The van der Waals surface area contributed by atoms with E-state index in [2.05, 4.69) is 17.0 Å². The Kier molecular flexibility index (Phi) is 5.17. The number of carbonyl (C=O) groups is 1. The summed E-state index contributed by atoms with van der Waals surface area (Å²) < 4.78 is 16.3. The summed E-state index contributed by atoms with van der Waals surface area (Å²) in [6.07, 6.45) is 4.96. The second-order valence-corrected chi connectivity index (χ2v) is 7.57. The number of benzene rings is 1. The lowest BCUT2D eigenvalue weighted by molar-refractivity contribution is -0.134. The highest BCUT2D eigenvalue weighted by Crippen LogP contribution is 2.18. The maximum Gasteiger partial charge on any atom is 0.264 e. The van der Waals surface area contributed by atoms with E-state index in [0.717, 1.165) is 25.8 Å². The Hall–Kier alpha value is -3.03. The maximum absolute atomic E-state index is 13.2. The van der Waals surface area contributed by atoms with Gasteiger partial charge in [0.1, 0.15) is 17.0 Å². The molecular formula is C21H24FN5O2. The van der Waals surface area contributed by atoms with E-state index in [4.69, 9.17) is 0 Å². The van der Waals surface area contributed by atoms with Crippen molar-refractivity contribution in [3.63, 3.8) is 0 Å². The summed E-state index contributed by atoms with van der Waals surface area (Å²) in [5, 5.41) is 4.63. The number of aromatic nitrogens is 4. The maximum atomic E-state index is 13.2. The molecule has 1 fully saturated rings. The van der Waals surface area contributed by atoms with Crippen LogP contribution in [0.25, 0.3) is 16.7 Å². The Morgan fingerprint density at radius 3 is 2.72 bits per heavy atom. The van der Waals surface area contributed by atoms with Crippen LogP contribution in [-0.4, -0.2) is 42.7 Å². The topological polar surface area (TPSA) is 73.0 Å². The molecule has 7 nitrogen and oxygen atoms in total. The fraction of sp³-hybridized carbons (Fsp3) is 0.429. The van der Waals surface area contributed by atoms with Gasteiger partial charge in [-0.15, -0.1) is 0 Å². The van der Waals surface area contributed by atoms with E-state index in [1.807, 2.05) is 4.90 Å². The third-order valence-electron chi connectivity index (χ3n) is 5.62. The Morgan fingerprint density at radius 1 is 1.24 bits per heavy atom. The minimum absolute atomic E-state index is 0.0746. The first-order chi connectivity index (χ1) is 14.0. The van der Waals surface area contributed by atoms with E-state index in [1.54, 1.807) is 19.1 Å². The van der Waals surface area contributed by atoms with Crippen molar-refractivity contribution in [2.45, 2.75) is 52.1 Å². The van der Waals surface area contributed by atoms with Gasteiger partial charge in [0.15, 0.2) is 5.65 Å². The molecule has 4 rings (SSSR count). The van der Waals surface area contributed by atoms with Gasteiger partial charge in [-0.05, 0) is 57.4 Å². The molecule has 1 unspecified atom stereocenters. The third-order valence-corrected chi connectivity index (χ3v) is 5.62. The molecule has 1 aromatic carbocycles. The van der Waals surface area contributed by atoms with E-state index in [0.29, 0.717) is 22.5 Å². The highest BCUT2D eigenvalue weighted by Gasteiger charge is 2.23. The number of nitrogens with zero attached hydrogens (tertiary/aromatic N) is 5. The number of hydrogen-bond acceptors (Lipinski definition) is 4. The first kappa shape index (κ1) is 19.3. The summed E-state index contributed by atoms with van der Waals surface area (Å²) in [6, 6.07) is 6.10. The van der Waals surface area contributed by atoms with Crippen molar-refractivity contribution in [1.82, 2.24) is 24.2 Å². The lowest BCUT2D eigenvalue weighted by atomic mass is 10.0. The Bertz CT molecular complexity index is 1100. The molecule has 0 bridgehead atoms. The molecular weight excluding hydrogens is 373 g/mol. The van der Waals surface area contributed by atoms with Crippen LogP contribution in [0.3, 0.4) is 0 Å². The van der Waals surface area contributed by atoms with Crippen LogP contribution in [0.2, 0.25) is 0 Å². The van der Waals surface area contributed by atoms with Gasteiger partial charge in [0, 0.05) is 25.6 Å². The molecule has 0 N–H and O–H groups in total. The SMILES string of the molecule is Cc1nc2c(cnn2-c2ccc(F)cc2)c(=O)n1CCC(=O)N1CCCCC1C. The predicted molar refractivity (Wildman–Crippen MR) is 107 cm³/mol. The molecule has 3 aromatic rings. The van der Waals surface area contributed by atoms with E-state index in [9.17, 15) is 14.0 Å². The van der Waals surface area contributed by atoms with Gasteiger partial charge in [0.05, 0.1) is 11.9 Å². The third kappa shape index (κ3) is 3.66. The minimum atomic E-state index is -0.343. The molecule has 0 saturated carbocycles. The predicted octanol–water partition coefficient (Wildman–Crippen LogP) is 2.82. The molecule has 3 heterocycles.